The highest BCUT2D eigenvalue weighted by molar-refractivity contribution is 5.74. The van der Waals surface area contributed by atoms with Crippen molar-refractivity contribution >= 4 is 11.7 Å². The number of benzene rings is 1. The fourth-order valence-electron chi connectivity index (χ4n) is 2.84. The third-order valence-electron chi connectivity index (χ3n) is 4.30. The van der Waals surface area contributed by atoms with E-state index in [1.807, 2.05) is 17.0 Å². The zero-order chi connectivity index (χ0) is 18.6. The Morgan fingerprint density at radius 1 is 1.08 bits per heavy atom. The lowest BCUT2D eigenvalue weighted by Gasteiger charge is -2.36. The van der Waals surface area contributed by atoms with E-state index < -0.39 is 11.7 Å². The molecular formula is C18H19F3N4O. The molecule has 2 aromatic rings. The Bertz CT molecular complexity index is 744. The van der Waals surface area contributed by atoms with Crippen LogP contribution in [0.5, 0.6) is 0 Å². The van der Waals surface area contributed by atoms with Crippen molar-refractivity contribution in [3.05, 3.63) is 59.9 Å². The Morgan fingerprint density at radius 2 is 1.77 bits per heavy atom. The highest BCUT2D eigenvalue weighted by Crippen LogP contribution is 2.31. The van der Waals surface area contributed by atoms with Gasteiger partial charge in [0.2, 0.25) is 0 Å². The number of nitrogens with zero attached hydrogens (tertiary/aromatic N) is 3. The van der Waals surface area contributed by atoms with Crippen LogP contribution in [0, 0.1) is 0 Å². The van der Waals surface area contributed by atoms with Gasteiger partial charge in [-0.15, -0.1) is 0 Å². The molecule has 1 aromatic heterocycles. The molecule has 0 atom stereocenters. The minimum absolute atomic E-state index is 0.175. The Hall–Kier alpha value is -2.77. The molecule has 2 amide bonds. The van der Waals surface area contributed by atoms with Crippen molar-refractivity contribution in [2.75, 3.05) is 31.1 Å². The highest BCUT2D eigenvalue weighted by Gasteiger charge is 2.31. The second-order valence-electron chi connectivity index (χ2n) is 6.04. The molecule has 0 saturated carbocycles. The molecule has 3 rings (SSSR count). The summed E-state index contributed by atoms with van der Waals surface area (Å²) < 4.78 is 38.5. The van der Waals surface area contributed by atoms with Gasteiger partial charge in [-0.1, -0.05) is 6.07 Å². The molecule has 1 aliphatic rings. The maximum Gasteiger partial charge on any atom is 0.416 e. The van der Waals surface area contributed by atoms with Crippen LogP contribution >= 0.6 is 0 Å². The number of nitrogens with one attached hydrogen (secondary N) is 1. The Labute approximate surface area is 149 Å². The Balaban J connectivity index is 1.53. The first-order chi connectivity index (χ1) is 12.4. The van der Waals surface area contributed by atoms with E-state index in [0.29, 0.717) is 38.4 Å². The molecule has 1 aliphatic heterocycles. The quantitative estimate of drug-likeness (QED) is 0.910. The summed E-state index contributed by atoms with van der Waals surface area (Å²) in [6, 6.07) is 8.76. The average Bonchev–Trinajstić information content (AvgIpc) is 2.66. The molecule has 1 aromatic carbocycles. The number of carbonyl (C=O) groups is 1. The number of carbonyl (C=O) groups excluding carboxylic acids is 1. The number of hydrogen-bond acceptors (Lipinski definition) is 3. The topological polar surface area (TPSA) is 48.5 Å². The van der Waals surface area contributed by atoms with Crippen LogP contribution in [-0.2, 0) is 12.7 Å². The van der Waals surface area contributed by atoms with Gasteiger partial charge in [0.15, 0.2) is 0 Å². The molecule has 1 N–H and O–H groups in total. The fraction of sp³-hybridized carbons (Fsp3) is 0.333. The first kappa shape index (κ1) is 18.0. The number of anilines is 1. The molecule has 5 nitrogen and oxygen atoms in total. The van der Waals surface area contributed by atoms with Crippen molar-refractivity contribution in [2.45, 2.75) is 12.7 Å². The fourth-order valence-corrected chi connectivity index (χ4v) is 2.84. The van der Waals surface area contributed by atoms with Gasteiger partial charge >= 0.3 is 12.2 Å². The number of hydrogen-bond donors (Lipinski definition) is 1. The molecule has 1 fully saturated rings. The van der Waals surface area contributed by atoms with Crippen LogP contribution in [0.15, 0.2) is 48.8 Å². The van der Waals surface area contributed by atoms with E-state index in [-0.39, 0.29) is 6.03 Å². The lowest BCUT2D eigenvalue weighted by molar-refractivity contribution is -0.137. The number of aromatic nitrogens is 1. The molecule has 0 spiro atoms. The molecule has 0 aliphatic carbocycles. The van der Waals surface area contributed by atoms with Crippen LogP contribution in [0.4, 0.5) is 23.7 Å². The van der Waals surface area contributed by atoms with Crippen molar-refractivity contribution in [1.29, 1.82) is 0 Å². The molecule has 0 radical (unpaired) electrons. The molecule has 8 heteroatoms. The van der Waals surface area contributed by atoms with Gasteiger partial charge in [-0.3, -0.25) is 4.98 Å². The number of urea groups is 1. The number of rotatable bonds is 3. The van der Waals surface area contributed by atoms with Gasteiger partial charge in [0, 0.05) is 50.8 Å². The van der Waals surface area contributed by atoms with Crippen molar-refractivity contribution in [2.24, 2.45) is 0 Å². The van der Waals surface area contributed by atoms with E-state index >= 15 is 0 Å². The number of piperazine rings is 1. The number of amides is 2. The summed E-state index contributed by atoms with van der Waals surface area (Å²) in [5.74, 6) is 0. The van der Waals surface area contributed by atoms with Crippen LogP contribution in [0.2, 0.25) is 0 Å². The van der Waals surface area contributed by atoms with E-state index in [1.165, 1.54) is 6.07 Å². The third kappa shape index (κ3) is 4.44. The predicted octanol–water partition coefficient (Wildman–Crippen LogP) is 3.13. The first-order valence-corrected chi connectivity index (χ1v) is 8.27. The maximum atomic E-state index is 12.8. The zero-order valence-corrected chi connectivity index (χ0v) is 14.0. The number of pyridine rings is 1. The minimum Gasteiger partial charge on any atom is -0.368 e. The van der Waals surface area contributed by atoms with E-state index in [4.69, 9.17) is 0 Å². The molecule has 0 unspecified atom stereocenters. The largest absolute Gasteiger partial charge is 0.416 e. The molecule has 138 valence electrons. The second-order valence-corrected chi connectivity index (χ2v) is 6.04. The first-order valence-electron chi connectivity index (χ1n) is 8.27. The molecule has 1 saturated heterocycles. The standard InChI is InChI=1S/C18H19F3N4O/c19-18(20,21)15-2-1-3-16(12-15)24-8-10-25(11-9-24)17(26)23-13-14-4-6-22-7-5-14/h1-7,12H,8-11,13H2,(H,23,26). The highest BCUT2D eigenvalue weighted by atomic mass is 19.4. The van der Waals surface area contributed by atoms with Crippen LogP contribution in [0.3, 0.4) is 0 Å². The zero-order valence-electron chi connectivity index (χ0n) is 14.0. The second kappa shape index (κ2) is 7.63. The van der Waals surface area contributed by atoms with E-state index in [2.05, 4.69) is 10.3 Å². The smallest absolute Gasteiger partial charge is 0.368 e. The van der Waals surface area contributed by atoms with Gasteiger partial charge < -0.3 is 15.1 Å². The lowest BCUT2D eigenvalue weighted by atomic mass is 10.1. The van der Waals surface area contributed by atoms with Gasteiger partial charge in [0.1, 0.15) is 0 Å². The Morgan fingerprint density at radius 3 is 2.42 bits per heavy atom. The van der Waals surface area contributed by atoms with E-state index in [9.17, 15) is 18.0 Å². The van der Waals surface area contributed by atoms with Gasteiger partial charge in [-0.25, -0.2) is 4.79 Å². The van der Waals surface area contributed by atoms with Crippen LogP contribution in [0.1, 0.15) is 11.1 Å². The summed E-state index contributed by atoms with van der Waals surface area (Å²) in [5, 5.41) is 2.84. The van der Waals surface area contributed by atoms with E-state index in [1.54, 1.807) is 23.4 Å². The lowest BCUT2D eigenvalue weighted by Crippen LogP contribution is -2.51. The number of halogens is 3. The SMILES string of the molecule is O=C(NCc1ccncc1)N1CCN(c2cccc(C(F)(F)F)c2)CC1. The summed E-state index contributed by atoms with van der Waals surface area (Å²) >= 11 is 0. The third-order valence-corrected chi connectivity index (χ3v) is 4.30. The van der Waals surface area contributed by atoms with Crippen molar-refractivity contribution in [3.8, 4) is 0 Å². The predicted molar refractivity (Wildman–Crippen MR) is 91.7 cm³/mol. The van der Waals surface area contributed by atoms with Crippen molar-refractivity contribution in [1.82, 2.24) is 15.2 Å². The van der Waals surface area contributed by atoms with Gasteiger partial charge in [0.25, 0.3) is 0 Å². The maximum absolute atomic E-state index is 12.8. The molecule has 26 heavy (non-hydrogen) atoms. The monoisotopic (exact) mass is 364 g/mol. The van der Waals surface area contributed by atoms with Gasteiger partial charge in [-0.2, -0.15) is 13.2 Å². The number of alkyl halides is 3. The summed E-state index contributed by atoms with van der Waals surface area (Å²) in [4.78, 5) is 19.7. The van der Waals surface area contributed by atoms with Gasteiger partial charge in [0.05, 0.1) is 5.56 Å². The van der Waals surface area contributed by atoms with Crippen LogP contribution in [0.25, 0.3) is 0 Å². The minimum atomic E-state index is -4.36. The summed E-state index contributed by atoms with van der Waals surface area (Å²) in [6.45, 7) is 2.31. The van der Waals surface area contributed by atoms with Crippen LogP contribution < -0.4 is 10.2 Å². The van der Waals surface area contributed by atoms with E-state index in [0.717, 1.165) is 17.7 Å². The van der Waals surface area contributed by atoms with Crippen molar-refractivity contribution in [3.63, 3.8) is 0 Å². The van der Waals surface area contributed by atoms with Crippen molar-refractivity contribution < 1.29 is 18.0 Å². The molecule has 2 heterocycles. The molecule has 0 bridgehead atoms. The summed E-state index contributed by atoms with van der Waals surface area (Å²) in [5.41, 5.74) is 0.820. The van der Waals surface area contributed by atoms with Crippen LogP contribution in [-0.4, -0.2) is 42.1 Å². The normalized spacial score (nSPS) is 15.0. The van der Waals surface area contributed by atoms with Gasteiger partial charge in [-0.05, 0) is 35.9 Å². The molecular weight excluding hydrogens is 345 g/mol. The summed E-state index contributed by atoms with van der Waals surface area (Å²) in [7, 11) is 0. The summed E-state index contributed by atoms with van der Waals surface area (Å²) in [6.07, 6.45) is -1.03. The average molecular weight is 364 g/mol. The Kier molecular flexibility index (Phi) is 5.29.